The number of nitrogens with one attached hydrogen (secondary N) is 2. The number of hydrogen-bond donors (Lipinski definition) is 2. The number of amides is 2. The van der Waals surface area contributed by atoms with Crippen molar-refractivity contribution in [1.29, 1.82) is 0 Å². The maximum atomic E-state index is 11.8. The summed E-state index contributed by atoms with van der Waals surface area (Å²) in [6.07, 6.45) is -0.145. The van der Waals surface area contributed by atoms with Gasteiger partial charge in [-0.2, -0.15) is 0 Å². The van der Waals surface area contributed by atoms with Crippen molar-refractivity contribution in [2.24, 2.45) is 5.92 Å². The smallest absolute Gasteiger partial charge is 0.233 e. The summed E-state index contributed by atoms with van der Waals surface area (Å²) in [5.74, 6) is -0.158. The Morgan fingerprint density at radius 1 is 1.05 bits per heavy atom. The lowest BCUT2D eigenvalue weighted by Crippen LogP contribution is -2.30. The summed E-state index contributed by atoms with van der Waals surface area (Å²) in [4.78, 5) is 23.3. The summed E-state index contributed by atoms with van der Waals surface area (Å²) in [6, 6.07) is 7.72. The third-order valence-electron chi connectivity index (χ3n) is 3.06. The van der Waals surface area contributed by atoms with Gasteiger partial charge in [-0.1, -0.05) is 46.8 Å². The molecule has 0 aliphatic rings. The van der Waals surface area contributed by atoms with Gasteiger partial charge >= 0.3 is 0 Å². The molecule has 1 rings (SSSR count). The summed E-state index contributed by atoms with van der Waals surface area (Å²) in [5.41, 5.74) is 2.00. The van der Waals surface area contributed by atoms with Crippen LogP contribution >= 0.6 is 0 Å². The average Bonchev–Trinajstić information content (AvgIpc) is 2.35. The number of carbonyl (C=O) groups excluding carboxylic acids is 2. The largest absolute Gasteiger partial charge is 0.355 e. The van der Waals surface area contributed by atoms with Gasteiger partial charge in [0, 0.05) is 12.2 Å². The van der Waals surface area contributed by atoms with E-state index in [0.29, 0.717) is 18.2 Å². The van der Waals surface area contributed by atoms with Crippen molar-refractivity contribution in [3.63, 3.8) is 0 Å². The van der Waals surface area contributed by atoms with Gasteiger partial charge in [-0.3, -0.25) is 9.59 Å². The quantitative estimate of drug-likeness (QED) is 0.819. The van der Waals surface area contributed by atoms with Crippen LogP contribution in [0.25, 0.3) is 0 Å². The Hall–Kier alpha value is -1.84. The molecule has 0 spiro atoms. The molecule has 0 saturated carbocycles. The first-order valence-corrected chi connectivity index (χ1v) is 7.35. The molecule has 0 aliphatic heterocycles. The zero-order valence-electron chi connectivity index (χ0n) is 13.6. The number of rotatable bonds is 5. The zero-order valence-corrected chi connectivity index (χ0v) is 13.6. The van der Waals surface area contributed by atoms with Gasteiger partial charge in [-0.25, -0.2) is 0 Å². The van der Waals surface area contributed by atoms with Crippen LogP contribution in [0.3, 0.4) is 0 Å². The van der Waals surface area contributed by atoms with E-state index in [1.165, 1.54) is 5.56 Å². The Labute approximate surface area is 127 Å². The lowest BCUT2D eigenvalue weighted by molar-refractivity contribution is -0.126. The van der Waals surface area contributed by atoms with Crippen LogP contribution in [0.15, 0.2) is 24.3 Å². The van der Waals surface area contributed by atoms with E-state index >= 15 is 0 Å². The molecule has 0 radical (unpaired) electrons. The molecule has 2 amide bonds. The van der Waals surface area contributed by atoms with E-state index in [4.69, 9.17) is 0 Å². The van der Waals surface area contributed by atoms with Crippen molar-refractivity contribution in [2.45, 2.75) is 46.5 Å². The minimum atomic E-state index is -0.292. The summed E-state index contributed by atoms with van der Waals surface area (Å²) >= 11 is 0. The lowest BCUT2D eigenvalue weighted by atomic mass is 9.87. The van der Waals surface area contributed by atoms with Gasteiger partial charge in [0.15, 0.2) is 0 Å². The molecule has 1 aromatic carbocycles. The Balaban J connectivity index is 2.50. The Bertz CT molecular complexity index is 485. The van der Waals surface area contributed by atoms with E-state index in [0.717, 1.165) is 0 Å². The van der Waals surface area contributed by atoms with Crippen LogP contribution in [-0.4, -0.2) is 18.4 Å². The molecule has 0 bridgehead atoms. The number of benzene rings is 1. The predicted octanol–water partition coefficient (Wildman–Crippen LogP) is 3.08. The Morgan fingerprint density at radius 2 is 1.62 bits per heavy atom. The standard InChI is InChI=1S/C17H26N2O2/c1-12(2)11-18-15(20)10-16(21)19-14-8-6-13(7-9-14)17(3,4)5/h6-9,12H,10-11H2,1-5H3,(H,18,20)(H,19,21). The van der Waals surface area contributed by atoms with E-state index in [1.807, 2.05) is 38.1 Å². The fraction of sp³-hybridized carbons (Fsp3) is 0.529. The third kappa shape index (κ3) is 6.43. The van der Waals surface area contributed by atoms with Crippen molar-refractivity contribution in [3.8, 4) is 0 Å². The number of carbonyl (C=O) groups is 2. The topological polar surface area (TPSA) is 58.2 Å². The number of hydrogen-bond acceptors (Lipinski definition) is 2. The molecule has 0 aliphatic carbocycles. The highest BCUT2D eigenvalue weighted by molar-refractivity contribution is 6.03. The summed E-state index contributed by atoms with van der Waals surface area (Å²) < 4.78 is 0. The van der Waals surface area contributed by atoms with Gasteiger partial charge in [0.1, 0.15) is 6.42 Å². The van der Waals surface area contributed by atoms with Crippen LogP contribution in [0.5, 0.6) is 0 Å². The molecular formula is C17H26N2O2. The van der Waals surface area contributed by atoms with Crippen LogP contribution in [-0.2, 0) is 15.0 Å². The Kier molecular flexibility index (Phi) is 5.94. The maximum Gasteiger partial charge on any atom is 0.233 e. The van der Waals surface area contributed by atoms with Gasteiger partial charge in [0.2, 0.25) is 11.8 Å². The molecule has 21 heavy (non-hydrogen) atoms. The van der Waals surface area contributed by atoms with E-state index < -0.39 is 0 Å². The number of anilines is 1. The van der Waals surface area contributed by atoms with Gasteiger partial charge in [0.25, 0.3) is 0 Å². The first kappa shape index (κ1) is 17.2. The second-order valence-corrected chi connectivity index (χ2v) is 6.75. The molecule has 0 atom stereocenters. The van der Waals surface area contributed by atoms with Crippen LogP contribution in [0.4, 0.5) is 5.69 Å². The molecule has 116 valence electrons. The SMILES string of the molecule is CC(C)CNC(=O)CC(=O)Nc1ccc(C(C)(C)C)cc1. The van der Waals surface area contributed by atoms with Crippen molar-refractivity contribution in [3.05, 3.63) is 29.8 Å². The van der Waals surface area contributed by atoms with Crippen LogP contribution in [0, 0.1) is 5.92 Å². The first-order valence-electron chi connectivity index (χ1n) is 7.35. The molecule has 0 unspecified atom stereocenters. The van der Waals surface area contributed by atoms with Crippen LogP contribution in [0.2, 0.25) is 0 Å². The molecule has 4 heteroatoms. The third-order valence-corrected chi connectivity index (χ3v) is 3.06. The highest BCUT2D eigenvalue weighted by Crippen LogP contribution is 2.23. The minimum Gasteiger partial charge on any atom is -0.355 e. The predicted molar refractivity (Wildman–Crippen MR) is 86.2 cm³/mol. The van der Waals surface area contributed by atoms with Gasteiger partial charge in [-0.05, 0) is 29.0 Å². The van der Waals surface area contributed by atoms with Crippen molar-refractivity contribution >= 4 is 17.5 Å². The molecule has 0 fully saturated rings. The molecule has 2 N–H and O–H groups in total. The second kappa shape index (κ2) is 7.25. The second-order valence-electron chi connectivity index (χ2n) is 6.75. The van der Waals surface area contributed by atoms with E-state index in [1.54, 1.807) is 0 Å². The molecule has 0 aromatic heterocycles. The van der Waals surface area contributed by atoms with Crippen molar-refractivity contribution in [2.75, 3.05) is 11.9 Å². The van der Waals surface area contributed by atoms with Crippen molar-refractivity contribution < 1.29 is 9.59 Å². The molecular weight excluding hydrogens is 264 g/mol. The zero-order chi connectivity index (χ0) is 16.0. The summed E-state index contributed by atoms with van der Waals surface area (Å²) in [5, 5.41) is 5.47. The molecule has 0 heterocycles. The molecule has 1 aromatic rings. The minimum absolute atomic E-state index is 0.0826. The fourth-order valence-corrected chi connectivity index (χ4v) is 1.79. The summed E-state index contributed by atoms with van der Waals surface area (Å²) in [6.45, 7) is 11.0. The highest BCUT2D eigenvalue weighted by atomic mass is 16.2. The fourth-order valence-electron chi connectivity index (χ4n) is 1.79. The first-order chi connectivity index (χ1) is 9.68. The van der Waals surface area contributed by atoms with Crippen LogP contribution in [0.1, 0.15) is 46.6 Å². The summed E-state index contributed by atoms with van der Waals surface area (Å²) in [7, 11) is 0. The average molecular weight is 290 g/mol. The molecule has 0 saturated heterocycles. The highest BCUT2D eigenvalue weighted by Gasteiger charge is 2.14. The van der Waals surface area contributed by atoms with Gasteiger partial charge in [-0.15, -0.1) is 0 Å². The van der Waals surface area contributed by atoms with E-state index in [9.17, 15) is 9.59 Å². The monoisotopic (exact) mass is 290 g/mol. The van der Waals surface area contributed by atoms with Gasteiger partial charge in [0.05, 0.1) is 0 Å². The maximum absolute atomic E-state index is 11.8. The normalized spacial score (nSPS) is 11.3. The van der Waals surface area contributed by atoms with Gasteiger partial charge < -0.3 is 10.6 Å². The molecule has 4 nitrogen and oxygen atoms in total. The van der Waals surface area contributed by atoms with Crippen LogP contribution < -0.4 is 10.6 Å². The lowest BCUT2D eigenvalue weighted by Gasteiger charge is -2.19. The Morgan fingerprint density at radius 3 is 2.10 bits per heavy atom. The van der Waals surface area contributed by atoms with E-state index in [2.05, 4.69) is 31.4 Å². The van der Waals surface area contributed by atoms with Crippen molar-refractivity contribution in [1.82, 2.24) is 5.32 Å². The van der Waals surface area contributed by atoms with E-state index in [-0.39, 0.29) is 23.7 Å².